The molecule has 0 saturated carbocycles. The quantitative estimate of drug-likeness (QED) is 0.826. The van der Waals surface area contributed by atoms with Gasteiger partial charge in [-0.05, 0) is 31.5 Å². The van der Waals surface area contributed by atoms with Gasteiger partial charge in [0.05, 0.1) is 0 Å². The van der Waals surface area contributed by atoms with Crippen molar-refractivity contribution in [2.45, 2.75) is 33.2 Å². The maximum absolute atomic E-state index is 12.0. The summed E-state index contributed by atoms with van der Waals surface area (Å²) in [5, 5.41) is 2.84. The van der Waals surface area contributed by atoms with Gasteiger partial charge in [0.25, 0.3) is 0 Å². The highest BCUT2D eigenvalue weighted by atomic mass is 16.2. The second kappa shape index (κ2) is 6.88. The van der Waals surface area contributed by atoms with Gasteiger partial charge in [-0.25, -0.2) is 0 Å². The first-order valence-corrected chi connectivity index (χ1v) is 7.14. The zero-order chi connectivity index (χ0) is 15.2. The van der Waals surface area contributed by atoms with Crippen LogP contribution in [0, 0.1) is 6.92 Å². The number of aromatic nitrogens is 1. The summed E-state index contributed by atoms with van der Waals surface area (Å²) in [5.41, 5.74) is 2.59. The molecule has 1 amide bonds. The summed E-state index contributed by atoms with van der Waals surface area (Å²) in [5.74, 6) is 0.0131. The van der Waals surface area contributed by atoms with E-state index in [1.807, 2.05) is 38.1 Å². The number of aryl methyl sites for hydroxylation is 1. The van der Waals surface area contributed by atoms with Crippen LogP contribution in [0.15, 0.2) is 42.7 Å². The number of hydrogen-bond acceptors (Lipinski definition) is 2. The SMILES string of the molecule is CCCC(=O)c1ccn(CC(=O)Nc2ccc(C)cc2)c1. The van der Waals surface area contributed by atoms with Crippen LogP contribution in [0.2, 0.25) is 0 Å². The van der Waals surface area contributed by atoms with Crippen LogP contribution < -0.4 is 5.32 Å². The predicted molar refractivity (Wildman–Crippen MR) is 83.5 cm³/mol. The molecule has 2 rings (SSSR count). The molecule has 4 heteroatoms. The first-order valence-electron chi connectivity index (χ1n) is 7.14. The Morgan fingerprint density at radius 3 is 2.52 bits per heavy atom. The third kappa shape index (κ3) is 4.31. The van der Waals surface area contributed by atoms with Crippen LogP contribution in [0.3, 0.4) is 0 Å². The molecule has 0 bridgehead atoms. The van der Waals surface area contributed by atoms with E-state index in [9.17, 15) is 9.59 Å². The summed E-state index contributed by atoms with van der Waals surface area (Å²) in [6.07, 6.45) is 4.86. The Hall–Kier alpha value is -2.36. The van der Waals surface area contributed by atoms with Crippen molar-refractivity contribution < 1.29 is 9.59 Å². The largest absolute Gasteiger partial charge is 0.344 e. The summed E-state index contributed by atoms with van der Waals surface area (Å²) in [6, 6.07) is 9.41. The monoisotopic (exact) mass is 284 g/mol. The molecule has 1 aromatic heterocycles. The molecule has 0 aliphatic carbocycles. The van der Waals surface area contributed by atoms with Crippen molar-refractivity contribution in [3.05, 3.63) is 53.9 Å². The molecule has 1 N–H and O–H groups in total. The fourth-order valence-corrected chi connectivity index (χ4v) is 2.08. The maximum atomic E-state index is 12.0. The number of ketones is 1. The molecule has 4 nitrogen and oxygen atoms in total. The number of amides is 1. The van der Waals surface area contributed by atoms with Gasteiger partial charge in [0.15, 0.2) is 5.78 Å². The van der Waals surface area contributed by atoms with E-state index in [1.54, 1.807) is 23.0 Å². The minimum Gasteiger partial charge on any atom is -0.344 e. The number of rotatable bonds is 6. The molecule has 1 aromatic carbocycles. The minimum absolute atomic E-state index is 0.107. The highest BCUT2D eigenvalue weighted by Crippen LogP contribution is 2.10. The van der Waals surface area contributed by atoms with Gasteiger partial charge in [0, 0.05) is 30.1 Å². The van der Waals surface area contributed by atoms with Gasteiger partial charge in [-0.1, -0.05) is 24.6 Å². The second-order valence-corrected chi connectivity index (χ2v) is 5.16. The molecule has 0 spiro atoms. The predicted octanol–water partition coefficient (Wildman–Crippen LogP) is 3.42. The van der Waals surface area contributed by atoms with E-state index in [0.29, 0.717) is 12.0 Å². The zero-order valence-corrected chi connectivity index (χ0v) is 12.4. The van der Waals surface area contributed by atoms with Crippen LogP contribution in [0.5, 0.6) is 0 Å². The standard InChI is InChI=1S/C17H20N2O2/c1-3-4-16(20)14-9-10-19(11-14)12-17(21)18-15-7-5-13(2)6-8-15/h5-11H,3-4,12H2,1-2H3,(H,18,21). The lowest BCUT2D eigenvalue weighted by molar-refractivity contribution is -0.116. The third-order valence-electron chi connectivity index (χ3n) is 3.21. The Bertz CT molecular complexity index is 626. The van der Waals surface area contributed by atoms with Crippen LogP contribution in [0.25, 0.3) is 0 Å². The Balaban J connectivity index is 1.93. The Morgan fingerprint density at radius 1 is 1.14 bits per heavy atom. The molecule has 0 aliphatic heterocycles. The highest BCUT2D eigenvalue weighted by molar-refractivity contribution is 5.96. The number of benzene rings is 1. The average Bonchev–Trinajstić information content (AvgIpc) is 2.90. The van der Waals surface area contributed by atoms with Gasteiger partial charge in [0.2, 0.25) is 5.91 Å². The minimum atomic E-state index is -0.107. The van der Waals surface area contributed by atoms with Crippen molar-refractivity contribution >= 4 is 17.4 Å². The smallest absolute Gasteiger partial charge is 0.244 e. The molecule has 0 atom stereocenters. The summed E-state index contributed by atoms with van der Waals surface area (Å²) < 4.78 is 1.73. The molecule has 0 saturated heterocycles. The van der Waals surface area contributed by atoms with Crippen molar-refractivity contribution in [2.75, 3.05) is 5.32 Å². The van der Waals surface area contributed by atoms with Crippen molar-refractivity contribution in [1.29, 1.82) is 0 Å². The molecule has 2 aromatic rings. The summed E-state index contributed by atoms with van der Waals surface area (Å²) >= 11 is 0. The van der Waals surface area contributed by atoms with Crippen LogP contribution in [0.1, 0.15) is 35.7 Å². The van der Waals surface area contributed by atoms with Crippen molar-refractivity contribution in [3.8, 4) is 0 Å². The highest BCUT2D eigenvalue weighted by Gasteiger charge is 2.08. The molecule has 21 heavy (non-hydrogen) atoms. The van der Waals surface area contributed by atoms with E-state index in [2.05, 4.69) is 5.32 Å². The fraction of sp³-hybridized carbons (Fsp3) is 0.294. The molecular weight excluding hydrogens is 264 g/mol. The summed E-state index contributed by atoms with van der Waals surface area (Å²) in [4.78, 5) is 23.7. The van der Waals surface area contributed by atoms with Crippen LogP contribution in [-0.4, -0.2) is 16.3 Å². The van der Waals surface area contributed by atoms with Crippen LogP contribution in [0.4, 0.5) is 5.69 Å². The first kappa shape index (κ1) is 15.0. The topological polar surface area (TPSA) is 51.1 Å². The number of nitrogens with zero attached hydrogens (tertiary/aromatic N) is 1. The van der Waals surface area contributed by atoms with Crippen LogP contribution >= 0.6 is 0 Å². The van der Waals surface area contributed by atoms with E-state index >= 15 is 0 Å². The third-order valence-corrected chi connectivity index (χ3v) is 3.21. The van der Waals surface area contributed by atoms with Gasteiger partial charge >= 0.3 is 0 Å². The normalized spacial score (nSPS) is 10.4. The molecular formula is C17H20N2O2. The van der Waals surface area contributed by atoms with Gasteiger partial charge < -0.3 is 9.88 Å². The van der Waals surface area contributed by atoms with E-state index in [4.69, 9.17) is 0 Å². The van der Waals surface area contributed by atoms with Gasteiger partial charge in [0.1, 0.15) is 6.54 Å². The second-order valence-electron chi connectivity index (χ2n) is 5.16. The Labute approximate surface area is 124 Å². The lowest BCUT2D eigenvalue weighted by Crippen LogP contribution is -2.17. The van der Waals surface area contributed by atoms with Crippen molar-refractivity contribution in [2.24, 2.45) is 0 Å². The number of nitrogens with one attached hydrogen (secondary N) is 1. The van der Waals surface area contributed by atoms with Gasteiger partial charge in [-0.3, -0.25) is 9.59 Å². The van der Waals surface area contributed by atoms with Gasteiger partial charge in [-0.2, -0.15) is 0 Å². The van der Waals surface area contributed by atoms with E-state index in [-0.39, 0.29) is 18.2 Å². The van der Waals surface area contributed by atoms with E-state index < -0.39 is 0 Å². The molecule has 1 heterocycles. The van der Waals surface area contributed by atoms with Crippen molar-refractivity contribution in [1.82, 2.24) is 4.57 Å². The Morgan fingerprint density at radius 2 is 1.86 bits per heavy atom. The fourth-order valence-electron chi connectivity index (χ4n) is 2.08. The molecule has 0 aliphatic rings. The van der Waals surface area contributed by atoms with Crippen molar-refractivity contribution in [3.63, 3.8) is 0 Å². The molecule has 110 valence electrons. The molecule has 0 fully saturated rings. The van der Waals surface area contributed by atoms with Gasteiger partial charge in [-0.15, -0.1) is 0 Å². The number of carbonyl (C=O) groups is 2. The number of hydrogen-bond donors (Lipinski definition) is 1. The Kier molecular flexibility index (Phi) is 4.93. The lowest BCUT2D eigenvalue weighted by atomic mass is 10.1. The lowest BCUT2D eigenvalue weighted by Gasteiger charge is -2.06. The van der Waals surface area contributed by atoms with Crippen LogP contribution in [-0.2, 0) is 11.3 Å². The average molecular weight is 284 g/mol. The van der Waals surface area contributed by atoms with E-state index in [1.165, 1.54) is 0 Å². The number of carbonyl (C=O) groups excluding carboxylic acids is 2. The summed E-state index contributed by atoms with van der Waals surface area (Å²) in [7, 11) is 0. The summed E-state index contributed by atoms with van der Waals surface area (Å²) in [6.45, 7) is 4.18. The maximum Gasteiger partial charge on any atom is 0.244 e. The van der Waals surface area contributed by atoms with E-state index in [0.717, 1.165) is 17.7 Å². The molecule has 0 unspecified atom stereocenters. The number of Topliss-reactive ketones (excluding diaryl/α,β-unsaturated/α-hetero) is 1. The zero-order valence-electron chi connectivity index (χ0n) is 12.4. The molecule has 0 radical (unpaired) electrons. The first-order chi connectivity index (χ1) is 10.1. The number of anilines is 1.